The first-order chi connectivity index (χ1) is 22.1. The molecule has 2 fully saturated rings. The Balaban J connectivity index is 1.17. The van der Waals surface area contributed by atoms with Crippen LogP contribution in [-0.4, -0.2) is 70.4 Å². The van der Waals surface area contributed by atoms with Crippen molar-refractivity contribution in [2.24, 2.45) is 13.0 Å². The van der Waals surface area contributed by atoms with E-state index in [4.69, 9.17) is 4.74 Å². The first-order valence-corrected chi connectivity index (χ1v) is 15.2. The number of aromatic nitrogens is 3. The number of fused-ring (bicyclic) bond motifs is 1. The molecule has 0 radical (unpaired) electrons. The fourth-order valence-electron chi connectivity index (χ4n) is 6.56. The van der Waals surface area contributed by atoms with Gasteiger partial charge in [0.1, 0.15) is 23.1 Å². The molecular weight excluding hydrogens is 601 g/mol. The number of carbonyl (C=O) groups is 2. The van der Waals surface area contributed by atoms with Crippen LogP contribution in [0.5, 0.6) is 11.5 Å². The van der Waals surface area contributed by atoms with Gasteiger partial charge in [0.2, 0.25) is 11.8 Å². The Labute approximate surface area is 263 Å². The van der Waals surface area contributed by atoms with Gasteiger partial charge in [0.25, 0.3) is 0 Å². The van der Waals surface area contributed by atoms with Crippen LogP contribution in [0, 0.1) is 5.92 Å². The Morgan fingerprint density at radius 1 is 1.04 bits per heavy atom. The van der Waals surface area contributed by atoms with Crippen LogP contribution in [0.3, 0.4) is 0 Å². The minimum atomic E-state index is -4.83. The molecule has 2 aliphatic heterocycles. The van der Waals surface area contributed by atoms with Gasteiger partial charge in [0.05, 0.1) is 18.7 Å². The predicted octanol–water partition coefficient (Wildman–Crippen LogP) is 4.10. The maximum Gasteiger partial charge on any atom is 0.573 e. The molecule has 0 spiro atoms. The number of aryl methyl sites for hydroxylation is 1. The molecule has 2 saturated heterocycles. The first kappa shape index (κ1) is 31.3. The summed E-state index contributed by atoms with van der Waals surface area (Å²) in [7, 11) is 3.41. The van der Waals surface area contributed by atoms with Crippen LogP contribution in [0.1, 0.15) is 35.4 Å². The number of hydrogen-bond acceptors (Lipinski definition) is 7. The van der Waals surface area contributed by atoms with Crippen LogP contribution in [0.2, 0.25) is 0 Å². The molecule has 4 aromatic rings. The number of likely N-dealkylation sites (tertiary alicyclic amines) is 1. The zero-order chi connectivity index (χ0) is 32.4. The van der Waals surface area contributed by atoms with E-state index in [0.29, 0.717) is 31.5 Å². The van der Waals surface area contributed by atoms with Crippen LogP contribution in [0.15, 0.2) is 66.7 Å². The minimum Gasteiger partial charge on any atom is -0.497 e. The monoisotopic (exact) mass is 636 g/mol. The highest BCUT2D eigenvalue weighted by Gasteiger charge is 2.44. The van der Waals surface area contributed by atoms with Gasteiger partial charge in [-0.25, -0.2) is 4.68 Å². The summed E-state index contributed by atoms with van der Waals surface area (Å²) in [6.45, 7) is 0.942. The Morgan fingerprint density at radius 3 is 2.57 bits per heavy atom. The van der Waals surface area contributed by atoms with Crippen molar-refractivity contribution in [2.45, 2.75) is 50.2 Å². The second-order valence-corrected chi connectivity index (χ2v) is 11.9. The van der Waals surface area contributed by atoms with E-state index in [9.17, 15) is 22.8 Å². The van der Waals surface area contributed by atoms with Gasteiger partial charge in [-0.2, -0.15) is 0 Å². The number of hydrogen-bond donors (Lipinski definition) is 2. The van der Waals surface area contributed by atoms with E-state index in [1.54, 1.807) is 35.9 Å². The largest absolute Gasteiger partial charge is 0.573 e. The summed E-state index contributed by atoms with van der Waals surface area (Å²) >= 11 is 0. The van der Waals surface area contributed by atoms with E-state index < -0.39 is 18.4 Å². The zero-order valence-electron chi connectivity index (χ0n) is 25.5. The van der Waals surface area contributed by atoms with Gasteiger partial charge in [-0.3, -0.25) is 9.59 Å². The van der Waals surface area contributed by atoms with Crippen molar-refractivity contribution in [3.63, 3.8) is 0 Å². The smallest absolute Gasteiger partial charge is 0.497 e. The molecule has 4 atom stereocenters. The summed E-state index contributed by atoms with van der Waals surface area (Å²) in [6, 6.07) is 18.0. The highest BCUT2D eigenvalue weighted by Crippen LogP contribution is 2.37. The molecule has 2 aliphatic rings. The summed E-state index contributed by atoms with van der Waals surface area (Å²) in [5.41, 5.74) is 3.90. The van der Waals surface area contributed by atoms with E-state index in [-0.39, 0.29) is 42.4 Å². The van der Waals surface area contributed by atoms with Crippen molar-refractivity contribution in [1.29, 1.82) is 0 Å². The second kappa shape index (κ2) is 13.0. The van der Waals surface area contributed by atoms with Crippen molar-refractivity contribution in [3.8, 4) is 11.5 Å². The Kier molecular flexibility index (Phi) is 8.85. The van der Waals surface area contributed by atoms with Gasteiger partial charge in [0, 0.05) is 32.6 Å². The number of carbonyl (C=O) groups excluding carboxylic acids is 2. The molecule has 0 bridgehead atoms. The molecule has 1 aromatic heterocycles. The third-order valence-electron chi connectivity index (χ3n) is 8.81. The Morgan fingerprint density at radius 2 is 1.80 bits per heavy atom. The third kappa shape index (κ3) is 6.94. The highest BCUT2D eigenvalue weighted by molar-refractivity contribution is 5.91. The van der Waals surface area contributed by atoms with Gasteiger partial charge in [-0.1, -0.05) is 41.6 Å². The normalized spacial score (nSPS) is 21.5. The SMILES string of the molecule is COc1ccc(CC2CC(C(=O)NCc3ccc4c(c3)nnn4C)N(C(=O)C3CC(c4ccccc4OC(F)(F)F)CN3)C2)cc1. The van der Waals surface area contributed by atoms with Gasteiger partial charge >= 0.3 is 6.36 Å². The van der Waals surface area contributed by atoms with Crippen molar-refractivity contribution in [1.82, 2.24) is 30.5 Å². The Bertz CT molecular complexity index is 1710. The standard InChI is InChI=1S/C33H35F3N6O4/c1-41-28-12-9-21(14-26(28)39-40-41)17-38-31(43)29-15-22(13-20-7-10-24(45-2)11-8-20)19-42(29)32(44)27-16-23(18-37-27)25-5-3-4-6-30(25)46-33(34,35)36/h3-12,14,22-23,27,29,37H,13,15-19H2,1-2H3,(H,38,43). The van der Waals surface area contributed by atoms with Gasteiger partial charge < -0.3 is 25.0 Å². The minimum absolute atomic E-state index is 0.0298. The van der Waals surface area contributed by atoms with E-state index in [0.717, 1.165) is 27.9 Å². The molecule has 242 valence electrons. The van der Waals surface area contributed by atoms with Gasteiger partial charge in [-0.15, -0.1) is 18.3 Å². The summed E-state index contributed by atoms with van der Waals surface area (Å²) in [6.07, 6.45) is -3.40. The molecule has 0 aliphatic carbocycles. The lowest BCUT2D eigenvalue weighted by Crippen LogP contribution is -2.51. The van der Waals surface area contributed by atoms with Gasteiger partial charge in [0.15, 0.2) is 0 Å². The van der Waals surface area contributed by atoms with E-state index >= 15 is 0 Å². The van der Waals surface area contributed by atoms with Crippen molar-refractivity contribution in [3.05, 3.63) is 83.4 Å². The van der Waals surface area contributed by atoms with Crippen LogP contribution in [0.25, 0.3) is 11.0 Å². The molecule has 13 heteroatoms. The van der Waals surface area contributed by atoms with Gasteiger partial charge in [-0.05, 0) is 72.2 Å². The van der Waals surface area contributed by atoms with Crippen molar-refractivity contribution < 1.29 is 32.2 Å². The number of rotatable bonds is 9. The number of alkyl halides is 3. The molecule has 6 rings (SSSR count). The lowest BCUT2D eigenvalue weighted by atomic mass is 9.95. The van der Waals surface area contributed by atoms with E-state index in [1.165, 1.54) is 12.1 Å². The zero-order valence-corrected chi connectivity index (χ0v) is 25.5. The lowest BCUT2D eigenvalue weighted by Gasteiger charge is -2.27. The van der Waals surface area contributed by atoms with E-state index in [1.807, 2.05) is 42.5 Å². The average Bonchev–Trinajstić information content (AvgIpc) is 3.79. The number of amides is 2. The summed E-state index contributed by atoms with van der Waals surface area (Å²) < 4.78 is 50.4. The molecule has 46 heavy (non-hydrogen) atoms. The van der Waals surface area contributed by atoms with Crippen LogP contribution in [-0.2, 0) is 29.6 Å². The maximum absolute atomic E-state index is 14.0. The third-order valence-corrected chi connectivity index (χ3v) is 8.81. The number of benzene rings is 3. The van der Waals surface area contributed by atoms with Crippen LogP contribution >= 0.6 is 0 Å². The second-order valence-electron chi connectivity index (χ2n) is 11.9. The maximum atomic E-state index is 14.0. The summed E-state index contributed by atoms with van der Waals surface area (Å²) in [5.74, 6) is -0.366. The average molecular weight is 637 g/mol. The van der Waals surface area contributed by atoms with Crippen molar-refractivity contribution >= 4 is 22.8 Å². The number of methoxy groups -OCH3 is 1. The summed E-state index contributed by atoms with van der Waals surface area (Å²) in [5, 5.41) is 14.4. The predicted molar refractivity (Wildman–Crippen MR) is 163 cm³/mol. The number of nitrogens with one attached hydrogen (secondary N) is 2. The molecule has 2 amide bonds. The molecule has 0 saturated carbocycles. The first-order valence-electron chi connectivity index (χ1n) is 15.2. The number of nitrogens with zero attached hydrogens (tertiary/aromatic N) is 4. The highest BCUT2D eigenvalue weighted by atomic mass is 19.4. The molecule has 3 aromatic carbocycles. The number of ether oxygens (including phenoxy) is 2. The molecule has 4 unspecified atom stereocenters. The topological polar surface area (TPSA) is 111 Å². The quantitative estimate of drug-likeness (QED) is 0.285. The number of halogens is 3. The van der Waals surface area contributed by atoms with Crippen LogP contribution < -0.4 is 20.1 Å². The molecule has 10 nitrogen and oxygen atoms in total. The fraction of sp³-hybridized carbons (Fsp3) is 0.394. The number of para-hydroxylation sites is 1. The lowest BCUT2D eigenvalue weighted by molar-refractivity contribution is -0.275. The van der Waals surface area contributed by atoms with Crippen molar-refractivity contribution in [2.75, 3.05) is 20.2 Å². The van der Waals surface area contributed by atoms with E-state index in [2.05, 4.69) is 25.7 Å². The summed E-state index contributed by atoms with van der Waals surface area (Å²) in [4.78, 5) is 29.3. The fourth-order valence-corrected chi connectivity index (χ4v) is 6.56. The molecular formula is C33H35F3N6O4. The van der Waals surface area contributed by atoms with Crippen LogP contribution in [0.4, 0.5) is 13.2 Å². The molecule has 2 N–H and O–H groups in total. The molecule has 3 heterocycles. The Hall–Kier alpha value is -4.65.